The van der Waals surface area contributed by atoms with Crippen molar-refractivity contribution in [2.24, 2.45) is 0 Å². The molecule has 0 atom stereocenters. The van der Waals surface area contributed by atoms with Crippen molar-refractivity contribution in [1.29, 1.82) is 0 Å². The van der Waals surface area contributed by atoms with Crippen LogP contribution >= 0.6 is 0 Å². The molecule has 0 aliphatic rings. The monoisotopic (exact) mass is 267 g/mol. The number of hydrogen-bond donors (Lipinski definition) is 0. The van der Waals surface area contributed by atoms with E-state index in [9.17, 15) is 0 Å². The van der Waals surface area contributed by atoms with E-state index < -0.39 is 0 Å². The fourth-order valence-corrected chi connectivity index (χ4v) is 3.13. The lowest BCUT2D eigenvalue weighted by Gasteiger charge is -2.26. The molecule has 0 aliphatic heterocycles. The Morgan fingerprint density at radius 3 is 1.65 bits per heavy atom. The van der Waals surface area contributed by atoms with Gasteiger partial charge in [0.05, 0.1) is 0 Å². The summed E-state index contributed by atoms with van der Waals surface area (Å²) in [5.74, 6) is 0. The zero-order valence-electron chi connectivity index (χ0n) is 13.8. The van der Waals surface area contributed by atoms with Gasteiger partial charge in [0, 0.05) is 18.4 Å². The van der Waals surface area contributed by atoms with Gasteiger partial charge in [-0.05, 0) is 75.4 Å². The van der Waals surface area contributed by atoms with E-state index in [0.717, 1.165) is 0 Å². The van der Waals surface area contributed by atoms with Crippen LogP contribution in [0, 0.1) is 41.5 Å². The maximum atomic E-state index is 2.33. The first-order valence-corrected chi connectivity index (χ1v) is 7.20. The van der Waals surface area contributed by atoms with Crippen molar-refractivity contribution in [2.45, 2.75) is 41.5 Å². The second-order valence-corrected chi connectivity index (χ2v) is 6.03. The van der Waals surface area contributed by atoms with E-state index in [1.54, 1.807) is 0 Å². The molecule has 0 amide bonds. The number of nitrogens with zero attached hydrogens (tertiary/aromatic N) is 1. The van der Waals surface area contributed by atoms with Crippen LogP contribution in [0.5, 0.6) is 0 Å². The van der Waals surface area contributed by atoms with E-state index in [-0.39, 0.29) is 0 Å². The first kappa shape index (κ1) is 14.6. The maximum Gasteiger partial charge on any atom is 0.0467 e. The van der Waals surface area contributed by atoms with Gasteiger partial charge in [0.25, 0.3) is 0 Å². The minimum absolute atomic E-state index is 1.29. The summed E-state index contributed by atoms with van der Waals surface area (Å²) in [5.41, 5.74) is 10.6. The van der Waals surface area contributed by atoms with Gasteiger partial charge in [-0.2, -0.15) is 0 Å². The van der Waals surface area contributed by atoms with Crippen molar-refractivity contribution < 1.29 is 0 Å². The van der Waals surface area contributed by atoms with Gasteiger partial charge < -0.3 is 4.90 Å². The minimum Gasteiger partial charge on any atom is -0.344 e. The van der Waals surface area contributed by atoms with Gasteiger partial charge in [-0.25, -0.2) is 0 Å². The molecule has 20 heavy (non-hydrogen) atoms. The third kappa shape index (κ3) is 2.58. The molecule has 0 bridgehead atoms. The number of aryl methyl sites for hydroxylation is 6. The molecule has 0 aromatic heterocycles. The van der Waals surface area contributed by atoms with Gasteiger partial charge in [0.15, 0.2) is 0 Å². The summed E-state index contributed by atoms with van der Waals surface area (Å²) >= 11 is 0. The molecule has 0 saturated heterocycles. The van der Waals surface area contributed by atoms with Crippen LogP contribution < -0.4 is 4.90 Å². The van der Waals surface area contributed by atoms with Crippen LogP contribution in [0.2, 0.25) is 0 Å². The van der Waals surface area contributed by atoms with Gasteiger partial charge in [-0.15, -0.1) is 0 Å². The molecule has 2 aromatic carbocycles. The Bertz CT molecular complexity index is 630. The predicted molar refractivity (Wildman–Crippen MR) is 89.4 cm³/mol. The zero-order chi connectivity index (χ0) is 15.0. The van der Waals surface area contributed by atoms with Crippen molar-refractivity contribution in [3.8, 4) is 0 Å². The summed E-state index contributed by atoms with van der Waals surface area (Å²) in [6.45, 7) is 13.1. The second-order valence-electron chi connectivity index (χ2n) is 6.03. The molecule has 0 aliphatic carbocycles. The lowest BCUT2D eigenvalue weighted by molar-refractivity contribution is 1.13. The highest BCUT2D eigenvalue weighted by Gasteiger charge is 2.13. The summed E-state index contributed by atoms with van der Waals surface area (Å²) < 4.78 is 0. The van der Waals surface area contributed by atoms with Crippen LogP contribution in [0.3, 0.4) is 0 Å². The highest BCUT2D eigenvalue weighted by Crippen LogP contribution is 2.34. The summed E-state index contributed by atoms with van der Waals surface area (Å²) in [4.78, 5) is 2.33. The molecular formula is C19H25N. The van der Waals surface area contributed by atoms with Gasteiger partial charge in [0.1, 0.15) is 0 Å². The van der Waals surface area contributed by atoms with Gasteiger partial charge in [-0.1, -0.05) is 23.8 Å². The highest BCUT2D eigenvalue weighted by atomic mass is 15.1. The lowest BCUT2D eigenvalue weighted by atomic mass is 10.0. The second kappa shape index (κ2) is 5.32. The van der Waals surface area contributed by atoms with Crippen molar-refractivity contribution in [1.82, 2.24) is 0 Å². The molecule has 0 saturated carbocycles. The number of benzene rings is 2. The Morgan fingerprint density at radius 2 is 1.10 bits per heavy atom. The van der Waals surface area contributed by atoms with Gasteiger partial charge in [-0.3, -0.25) is 0 Å². The Balaban J connectivity index is 2.57. The largest absolute Gasteiger partial charge is 0.344 e. The van der Waals surface area contributed by atoms with Crippen molar-refractivity contribution in [2.75, 3.05) is 11.9 Å². The minimum atomic E-state index is 1.29. The number of anilines is 2. The Hall–Kier alpha value is -1.76. The van der Waals surface area contributed by atoms with E-state index in [1.165, 1.54) is 44.8 Å². The fraction of sp³-hybridized carbons (Fsp3) is 0.368. The molecule has 1 nitrogen and oxygen atoms in total. The third-order valence-corrected chi connectivity index (χ3v) is 4.14. The average molecular weight is 267 g/mol. The van der Waals surface area contributed by atoms with Gasteiger partial charge in [0.2, 0.25) is 0 Å². The smallest absolute Gasteiger partial charge is 0.0467 e. The topological polar surface area (TPSA) is 3.24 Å². The van der Waals surface area contributed by atoms with Crippen LogP contribution in [0.15, 0.2) is 24.3 Å². The number of hydrogen-bond acceptors (Lipinski definition) is 1. The summed E-state index contributed by atoms with van der Waals surface area (Å²) in [6, 6.07) is 9.09. The third-order valence-electron chi connectivity index (χ3n) is 4.14. The first-order valence-electron chi connectivity index (χ1n) is 7.20. The Labute approximate surface area is 123 Å². The highest BCUT2D eigenvalue weighted by molar-refractivity contribution is 5.72. The lowest BCUT2D eigenvalue weighted by Crippen LogP contribution is -2.14. The molecule has 0 N–H and O–H groups in total. The average Bonchev–Trinajstić information content (AvgIpc) is 2.32. The summed E-state index contributed by atoms with van der Waals surface area (Å²) in [6.07, 6.45) is 0. The molecule has 106 valence electrons. The maximum absolute atomic E-state index is 2.33. The molecule has 0 spiro atoms. The van der Waals surface area contributed by atoms with E-state index in [2.05, 4.69) is 77.8 Å². The van der Waals surface area contributed by atoms with Crippen LogP contribution in [0.25, 0.3) is 0 Å². The van der Waals surface area contributed by atoms with Gasteiger partial charge >= 0.3 is 0 Å². The molecule has 0 radical (unpaired) electrons. The van der Waals surface area contributed by atoms with Crippen LogP contribution in [-0.2, 0) is 0 Å². The Kier molecular flexibility index (Phi) is 3.89. The zero-order valence-corrected chi connectivity index (χ0v) is 13.8. The molecule has 1 heteroatoms. The van der Waals surface area contributed by atoms with E-state index in [1.807, 2.05) is 0 Å². The van der Waals surface area contributed by atoms with Crippen molar-refractivity contribution in [3.63, 3.8) is 0 Å². The summed E-state index contributed by atoms with van der Waals surface area (Å²) in [7, 11) is 2.17. The molecule has 0 heterocycles. The molecular weight excluding hydrogens is 242 g/mol. The van der Waals surface area contributed by atoms with Crippen LogP contribution in [0.4, 0.5) is 11.4 Å². The molecule has 2 aromatic rings. The summed E-state index contributed by atoms with van der Waals surface area (Å²) in [5, 5.41) is 0. The number of rotatable bonds is 2. The first-order chi connectivity index (χ1) is 9.31. The van der Waals surface area contributed by atoms with E-state index >= 15 is 0 Å². The molecule has 0 fully saturated rings. The normalized spacial score (nSPS) is 10.8. The van der Waals surface area contributed by atoms with E-state index in [0.29, 0.717) is 0 Å². The standard InChI is InChI=1S/C19H25N/c1-12-8-16(5)19(17(6)9-12)20(7)18-11-14(3)13(2)10-15(18)4/h8-11H,1-7H3. The van der Waals surface area contributed by atoms with Crippen molar-refractivity contribution in [3.05, 3.63) is 57.6 Å². The van der Waals surface area contributed by atoms with E-state index in [4.69, 9.17) is 0 Å². The Morgan fingerprint density at radius 1 is 0.600 bits per heavy atom. The van der Waals surface area contributed by atoms with Crippen LogP contribution in [0.1, 0.15) is 33.4 Å². The fourth-order valence-electron chi connectivity index (χ4n) is 3.13. The molecule has 0 unspecified atom stereocenters. The predicted octanol–water partition coefficient (Wildman–Crippen LogP) is 5.31. The quantitative estimate of drug-likeness (QED) is 0.713. The molecule has 2 rings (SSSR count). The van der Waals surface area contributed by atoms with Crippen molar-refractivity contribution >= 4 is 11.4 Å². The SMILES string of the molecule is Cc1cc(C)c(N(C)c2cc(C)c(C)cc2C)c(C)c1. The van der Waals surface area contributed by atoms with Crippen LogP contribution in [-0.4, -0.2) is 7.05 Å².